The second-order valence-electron chi connectivity index (χ2n) is 8.41. The van der Waals surface area contributed by atoms with Crippen LogP contribution in [0.3, 0.4) is 0 Å². The molecular formula is C22H31F3N6. The van der Waals surface area contributed by atoms with Gasteiger partial charge in [-0.05, 0) is 30.4 Å². The Morgan fingerprint density at radius 1 is 1.29 bits per heavy atom. The smallest absolute Gasteiger partial charge is 0.356 e. The molecule has 0 bridgehead atoms. The molecule has 1 aliphatic rings. The van der Waals surface area contributed by atoms with Crippen molar-refractivity contribution >= 4 is 5.96 Å². The van der Waals surface area contributed by atoms with Crippen molar-refractivity contribution in [1.29, 1.82) is 0 Å². The first-order valence-electron chi connectivity index (χ1n) is 10.7. The van der Waals surface area contributed by atoms with E-state index in [9.17, 15) is 13.2 Å². The molecule has 0 spiro atoms. The summed E-state index contributed by atoms with van der Waals surface area (Å²) < 4.78 is 40.8. The van der Waals surface area contributed by atoms with Crippen LogP contribution in [0.15, 0.2) is 29.3 Å². The van der Waals surface area contributed by atoms with Gasteiger partial charge in [-0.25, -0.2) is 9.67 Å². The number of nitrogens with one attached hydrogen (secondary N) is 2. The van der Waals surface area contributed by atoms with Crippen LogP contribution in [0.2, 0.25) is 0 Å². The van der Waals surface area contributed by atoms with E-state index in [4.69, 9.17) is 0 Å². The van der Waals surface area contributed by atoms with E-state index in [2.05, 4.69) is 39.6 Å². The molecule has 1 aromatic heterocycles. The molecule has 2 aromatic rings. The van der Waals surface area contributed by atoms with E-state index >= 15 is 0 Å². The summed E-state index contributed by atoms with van der Waals surface area (Å²) in [5, 5.41) is 11.3. The van der Waals surface area contributed by atoms with Gasteiger partial charge in [0.1, 0.15) is 5.82 Å². The molecule has 0 radical (unpaired) electrons. The Balaban J connectivity index is 1.50. The fraction of sp³-hybridized carbons (Fsp3) is 0.591. The molecule has 0 saturated carbocycles. The Bertz CT molecular complexity index is 903. The summed E-state index contributed by atoms with van der Waals surface area (Å²) in [6, 6.07) is 5.75. The first-order valence-corrected chi connectivity index (χ1v) is 10.7. The van der Waals surface area contributed by atoms with Gasteiger partial charge in [-0.1, -0.05) is 39.0 Å². The van der Waals surface area contributed by atoms with Crippen molar-refractivity contribution in [2.75, 3.05) is 13.6 Å². The number of nitrogens with zero attached hydrogens (tertiary/aromatic N) is 4. The van der Waals surface area contributed by atoms with Gasteiger partial charge in [0, 0.05) is 32.0 Å². The molecule has 2 N–H and O–H groups in total. The summed E-state index contributed by atoms with van der Waals surface area (Å²) in [5.74, 6) is 2.89. The van der Waals surface area contributed by atoms with E-state index in [1.165, 1.54) is 12.1 Å². The monoisotopic (exact) mass is 436 g/mol. The van der Waals surface area contributed by atoms with Crippen LogP contribution in [0, 0.1) is 0 Å². The lowest BCUT2D eigenvalue weighted by Crippen LogP contribution is -2.47. The minimum atomic E-state index is -4.32. The average molecular weight is 437 g/mol. The van der Waals surface area contributed by atoms with Crippen LogP contribution in [-0.2, 0) is 19.1 Å². The number of halogens is 3. The third-order valence-electron chi connectivity index (χ3n) is 5.61. The van der Waals surface area contributed by atoms with E-state index in [-0.39, 0.29) is 12.0 Å². The van der Waals surface area contributed by atoms with Crippen molar-refractivity contribution in [3.05, 3.63) is 47.0 Å². The van der Waals surface area contributed by atoms with Gasteiger partial charge in [0.2, 0.25) is 0 Å². The number of benzene rings is 1. The van der Waals surface area contributed by atoms with E-state index < -0.39 is 11.7 Å². The number of aryl methyl sites for hydroxylation is 1. The zero-order chi connectivity index (χ0) is 22.6. The highest BCUT2D eigenvalue weighted by atomic mass is 19.4. The maximum absolute atomic E-state index is 12.9. The highest BCUT2D eigenvalue weighted by Gasteiger charge is 2.30. The Kier molecular flexibility index (Phi) is 7.23. The maximum Gasteiger partial charge on any atom is 0.416 e. The Morgan fingerprint density at radius 2 is 2.06 bits per heavy atom. The quantitative estimate of drug-likeness (QED) is 0.529. The van der Waals surface area contributed by atoms with Crippen LogP contribution >= 0.6 is 0 Å². The Labute approximate surface area is 181 Å². The molecule has 3 rings (SSSR count). The largest absolute Gasteiger partial charge is 0.416 e. The number of alkyl halides is 3. The molecule has 0 fully saturated rings. The molecule has 2 atom stereocenters. The van der Waals surface area contributed by atoms with E-state index in [0.717, 1.165) is 37.1 Å². The molecule has 170 valence electrons. The van der Waals surface area contributed by atoms with Gasteiger partial charge in [0.15, 0.2) is 11.8 Å². The summed E-state index contributed by atoms with van der Waals surface area (Å²) in [6.07, 6.45) is -1.82. The van der Waals surface area contributed by atoms with Crippen molar-refractivity contribution in [2.24, 2.45) is 4.99 Å². The number of aromatic nitrogens is 3. The summed E-state index contributed by atoms with van der Waals surface area (Å²) in [6.45, 7) is 7.45. The molecule has 2 unspecified atom stereocenters. The van der Waals surface area contributed by atoms with Gasteiger partial charge in [-0.3, -0.25) is 4.99 Å². The van der Waals surface area contributed by atoms with Gasteiger partial charge in [-0.2, -0.15) is 18.3 Å². The topological polar surface area (TPSA) is 67.1 Å². The molecule has 0 aliphatic carbocycles. The highest BCUT2D eigenvalue weighted by molar-refractivity contribution is 5.79. The van der Waals surface area contributed by atoms with Crippen LogP contribution < -0.4 is 10.6 Å². The third kappa shape index (κ3) is 5.98. The summed E-state index contributed by atoms with van der Waals surface area (Å²) in [7, 11) is 1.71. The number of fused-ring (bicyclic) bond motifs is 1. The number of rotatable bonds is 6. The minimum absolute atomic E-state index is 0.00486. The zero-order valence-electron chi connectivity index (χ0n) is 18.5. The van der Waals surface area contributed by atoms with Gasteiger partial charge in [0.25, 0.3) is 0 Å². The predicted molar refractivity (Wildman–Crippen MR) is 115 cm³/mol. The lowest BCUT2D eigenvalue weighted by atomic mass is 9.96. The normalized spacial score (nSPS) is 18.1. The number of hydrogen-bond donors (Lipinski definition) is 2. The van der Waals surface area contributed by atoms with Gasteiger partial charge in [-0.15, -0.1) is 0 Å². The van der Waals surface area contributed by atoms with Gasteiger partial charge >= 0.3 is 6.18 Å². The van der Waals surface area contributed by atoms with Crippen LogP contribution in [0.25, 0.3) is 0 Å². The predicted octanol–water partition coefficient (Wildman–Crippen LogP) is 4.09. The fourth-order valence-corrected chi connectivity index (χ4v) is 3.67. The van der Waals surface area contributed by atoms with E-state index in [0.29, 0.717) is 30.4 Å². The number of guanidine groups is 1. The van der Waals surface area contributed by atoms with Gasteiger partial charge < -0.3 is 10.6 Å². The molecule has 1 aliphatic heterocycles. The molecular weight excluding hydrogens is 405 g/mol. The van der Waals surface area contributed by atoms with Crippen molar-refractivity contribution in [1.82, 2.24) is 25.4 Å². The van der Waals surface area contributed by atoms with E-state index in [1.807, 2.05) is 11.6 Å². The molecule has 2 heterocycles. The summed E-state index contributed by atoms with van der Waals surface area (Å²) in [5.41, 5.74) is 0.0826. The van der Waals surface area contributed by atoms with Gasteiger partial charge in [0.05, 0.1) is 12.1 Å². The number of hydrogen-bond acceptors (Lipinski definition) is 3. The minimum Gasteiger partial charge on any atom is -0.356 e. The standard InChI is InChI=1S/C22H31F3N6/c1-14(2)20-29-19-9-8-18(13-31(19)30-20)28-21(26-4)27-11-10-15(3)16-6-5-7-17(12-16)22(23,24)25/h5-7,12,14-15,18H,8-11,13H2,1-4H3,(H2,26,27,28). The van der Waals surface area contributed by atoms with Crippen molar-refractivity contribution in [3.63, 3.8) is 0 Å². The summed E-state index contributed by atoms with van der Waals surface area (Å²) in [4.78, 5) is 8.90. The Hall–Kier alpha value is -2.58. The zero-order valence-corrected chi connectivity index (χ0v) is 18.5. The van der Waals surface area contributed by atoms with Crippen LogP contribution in [0.1, 0.15) is 68.2 Å². The fourth-order valence-electron chi connectivity index (χ4n) is 3.67. The molecule has 31 heavy (non-hydrogen) atoms. The van der Waals surface area contributed by atoms with Crippen LogP contribution in [0.4, 0.5) is 13.2 Å². The first-order chi connectivity index (χ1) is 14.7. The van der Waals surface area contributed by atoms with Crippen LogP contribution in [-0.4, -0.2) is 40.4 Å². The SMILES string of the molecule is CN=C(NCCC(C)c1cccc(C(F)(F)F)c1)NC1CCc2nc(C(C)C)nn2C1. The van der Waals surface area contributed by atoms with E-state index in [1.54, 1.807) is 13.1 Å². The molecule has 0 saturated heterocycles. The first kappa shape index (κ1) is 23.1. The summed E-state index contributed by atoms with van der Waals surface area (Å²) >= 11 is 0. The van der Waals surface area contributed by atoms with Crippen molar-refractivity contribution in [3.8, 4) is 0 Å². The molecule has 0 amide bonds. The van der Waals surface area contributed by atoms with Crippen LogP contribution in [0.5, 0.6) is 0 Å². The third-order valence-corrected chi connectivity index (χ3v) is 5.61. The Morgan fingerprint density at radius 3 is 2.74 bits per heavy atom. The lowest BCUT2D eigenvalue weighted by molar-refractivity contribution is -0.137. The average Bonchev–Trinajstić information content (AvgIpc) is 3.16. The second-order valence-corrected chi connectivity index (χ2v) is 8.41. The molecule has 9 heteroatoms. The molecule has 1 aromatic carbocycles. The van der Waals surface area contributed by atoms with Crippen molar-refractivity contribution < 1.29 is 13.2 Å². The highest BCUT2D eigenvalue weighted by Crippen LogP contribution is 2.31. The second kappa shape index (κ2) is 9.70. The van der Waals surface area contributed by atoms with Crippen molar-refractivity contribution in [2.45, 2.75) is 70.6 Å². The number of aliphatic imine (C=N–C) groups is 1. The molecule has 6 nitrogen and oxygen atoms in total. The maximum atomic E-state index is 12.9. The lowest BCUT2D eigenvalue weighted by Gasteiger charge is -2.25.